The lowest BCUT2D eigenvalue weighted by Gasteiger charge is -2.08. The van der Waals surface area contributed by atoms with Crippen molar-refractivity contribution in [3.8, 4) is 0 Å². The Labute approximate surface area is 111 Å². The molecule has 1 amide bonds. The first kappa shape index (κ1) is 12.4. The summed E-state index contributed by atoms with van der Waals surface area (Å²) in [7, 11) is 0. The van der Waals surface area contributed by atoms with Crippen molar-refractivity contribution in [3.63, 3.8) is 0 Å². The summed E-state index contributed by atoms with van der Waals surface area (Å²) in [6, 6.07) is 5.62. The van der Waals surface area contributed by atoms with E-state index in [0.29, 0.717) is 4.88 Å². The smallest absolute Gasteiger partial charge is 0.265 e. The van der Waals surface area contributed by atoms with Gasteiger partial charge in [-0.1, -0.05) is 29.3 Å². The Kier molecular flexibility index (Phi) is 3.66. The number of hydrogen-bond donors (Lipinski definition) is 1. The zero-order valence-corrected chi connectivity index (χ0v) is 10.7. The third kappa shape index (κ3) is 2.77. The Balaban J connectivity index is 2.28. The normalized spacial score (nSPS) is 10.3. The van der Waals surface area contributed by atoms with Crippen LogP contribution in [0.5, 0.6) is 0 Å². The van der Waals surface area contributed by atoms with E-state index in [9.17, 15) is 9.18 Å². The van der Waals surface area contributed by atoms with Crippen LogP contribution >= 0.6 is 34.5 Å². The Morgan fingerprint density at radius 3 is 2.47 bits per heavy atom. The van der Waals surface area contributed by atoms with E-state index in [1.807, 2.05) is 0 Å². The van der Waals surface area contributed by atoms with Crippen molar-refractivity contribution < 1.29 is 9.18 Å². The number of carbonyl (C=O) groups is 1. The molecule has 0 aliphatic carbocycles. The maximum Gasteiger partial charge on any atom is 0.265 e. The minimum absolute atomic E-state index is 0.0694. The molecule has 0 atom stereocenters. The molecule has 0 aliphatic rings. The molecular formula is C11H6Cl2FNOS. The van der Waals surface area contributed by atoms with Crippen LogP contribution < -0.4 is 5.32 Å². The number of anilines is 1. The molecule has 0 bridgehead atoms. The van der Waals surface area contributed by atoms with Gasteiger partial charge < -0.3 is 5.32 Å². The molecule has 1 N–H and O–H groups in total. The minimum Gasteiger partial charge on any atom is -0.319 e. The summed E-state index contributed by atoms with van der Waals surface area (Å²) in [5.74, 6) is -0.871. The summed E-state index contributed by atoms with van der Waals surface area (Å²) in [6.07, 6.45) is 0. The van der Waals surface area contributed by atoms with Crippen molar-refractivity contribution in [1.29, 1.82) is 0 Å². The van der Waals surface area contributed by atoms with E-state index in [1.165, 1.54) is 11.3 Å². The number of halogens is 3. The molecule has 0 spiro atoms. The zero-order chi connectivity index (χ0) is 12.4. The summed E-state index contributed by atoms with van der Waals surface area (Å²) >= 11 is 12.9. The maximum absolute atomic E-state index is 12.9. The molecule has 0 radical (unpaired) electrons. The van der Waals surface area contributed by atoms with Gasteiger partial charge in [-0.25, -0.2) is 4.39 Å². The molecule has 0 unspecified atom stereocenters. The molecule has 0 aliphatic heterocycles. The maximum atomic E-state index is 12.9. The number of rotatable bonds is 2. The average molecular weight is 290 g/mol. The van der Waals surface area contributed by atoms with Gasteiger partial charge in [-0.15, -0.1) is 11.3 Å². The number of nitrogens with one attached hydrogen (secondary N) is 1. The summed E-state index contributed by atoms with van der Waals surface area (Å²) in [5.41, 5.74) is 0.216. The average Bonchev–Trinajstić information content (AvgIpc) is 2.76. The molecule has 17 heavy (non-hydrogen) atoms. The van der Waals surface area contributed by atoms with Crippen LogP contribution in [0.25, 0.3) is 0 Å². The van der Waals surface area contributed by atoms with E-state index in [4.69, 9.17) is 23.2 Å². The number of amides is 1. The highest BCUT2D eigenvalue weighted by atomic mass is 35.5. The predicted molar refractivity (Wildman–Crippen MR) is 68.7 cm³/mol. The monoisotopic (exact) mass is 289 g/mol. The first-order valence-electron chi connectivity index (χ1n) is 4.57. The highest BCUT2D eigenvalue weighted by Crippen LogP contribution is 2.31. The first-order chi connectivity index (χ1) is 8.08. The number of benzene rings is 1. The Morgan fingerprint density at radius 1 is 1.29 bits per heavy atom. The number of hydrogen-bond acceptors (Lipinski definition) is 2. The lowest BCUT2D eigenvalue weighted by atomic mass is 10.3. The van der Waals surface area contributed by atoms with Crippen molar-refractivity contribution in [2.24, 2.45) is 0 Å². The molecule has 1 heterocycles. The van der Waals surface area contributed by atoms with E-state index in [2.05, 4.69) is 5.32 Å². The highest BCUT2D eigenvalue weighted by molar-refractivity contribution is 7.12. The second kappa shape index (κ2) is 5.04. The largest absolute Gasteiger partial charge is 0.319 e. The fourth-order valence-electron chi connectivity index (χ4n) is 1.24. The van der Waals surface area contributed by atoms with Crippen LogP contribution in [0.2, 0.25) is 10.0 Å². The topological polar surface area (TPSA) is 29.1 Å². The van der Waals surface area contributed by atoms with Crippen LogP contribution in [0, 0.1) is 5.82 Å². The van der Waals surface area contributed by atoms with Gasteiger partial charge >= 0.3 is 0 Å². The van der Waals surface area contributed by atoms with Crippen LogP contribution in [0.1, 0.15) is 9.67 Å². The van der Waals surface area contributed by atoms with Crippen LogP contribution in [-0.4, -0.2) is 5.91 Å². The quantitative estimate of drug-likeness (QED) is 0.870. The van der Waals surface area contributed by atoms with Gasteiger partial charge in [0.1, 0.15) is 5.82 Å². The molecule has 88 valence electrons. The molecule has 0 fully saturated rings. The summed E-state index contributed by atoms with van der Waals surface area (Å²) in [4.78, 5) is 12.3. The Morgan fingerprint density at radius 2 is 1.94 bits per heavy atom. The van der Waals surface area contributed by atoms with E-state index < -0.39 is 5.82 Å². The van der Waals surface area contributed by atoms with Crippen molar-refractivity contribution >= 4 is 46.1 Å². The lowest BCUT2D eigenvalue weighted by Crippen LogP contribution is -2.11. The fraction of sp³-hybridized carbons (Fsp3) is 0. The van der Waals surface area contributed by atoms with E-state index in [0.717, 1.165) is 12.1 Å². The van der Waals surface area contributed by atoms with Gasteiger partial charge in [0.15, 0.2) is 0 Å². The standard InChI is InChI=1S/C11H6Cl2FNOS/c12-7-4-6(14)5-8(13)10(7)15-11(16)9-2-1-3-17-9/h1-5H,(H,15,16). The van der Waals surface area contributed by atoms with Gasteiger partial charge in [-0.2, -0.15) is 0 Å². The van der Waals surface area contributed by atoms with Gasteiger partial charge in [0.05, 0.1) is 20.6 Å². The third-order valence-electron chi connectivity index (χ3n) is 1.99. The minimum atomic E-state index is -0.547. The zero-order valence-electron chi connectivity index (χ0n) is 8.34. The molecule has 2 rings (SSSR count). The summed E-state index contributed by atoms with van der Waals surface area (Å²) < 4.78 is 12.9. The predicted octanol–water partition coefficient (Wildman–Crippen LogP) is 4.45. The van der Waals surface area contributed by atoms with Gasteiger partial charge in [-0.3, -0.25) is 4.79 Å². The molecular weight excluding hydrogens is 284 g/mol. The van der Waals surface area contributed by atoms with Gasteiger partial charge in [0.2, 0.25) is 0 Å². The van der Waals surface area contributed by atoms with Gasteiger partial charge in [-0.05, 0) is 23.6 Å². The molecule has 6 heteroatoms. The fourth-order valence-corrected chi connectivity index (χ4v) is 2.42. The van der Waals surface area contributed by atoms with E-state index >= 15 is 0 Å². The first-order valence-corrected chi connectivity index (χ1v) is 6.21. The summed E-state index contributed by atoms with van der Waals surface area (Å²) in [5, 5.41) is 4.47. The third-order valence-corrected chi connectivity index (χ3v) is 3.46. The number of carbonyl (C=O) groups excluding carboxylic acids is 1. The van der Waals surface area contributed by atoms with Crippen molar-refractivity contribution in [3.05, 3.63) is 50.4 Å². The van der Waals surface area contributed by atoms with Gasteiger partial charge in [0, 0.05) is 0 Å². The van der Waals surface area contributed by atoms with Gasteiger partial charge in [0.25, 0.3) is 5.91 Å². The second-order valence-corrected chi connectivity index (χ2v) is 4.94. The second-order valence-electron chi connectivity index (χ2n) is 3.18. The molecule has 1 aromatic carbocycles. The summed E-state index contributed by atoms with van der Waals surface area (Å²) in [6.45, 7) is 0. The van der Waals surface area contributed by atoms with E-state index in [-0.39, 0.29) is 21.6 Å². The molecule has 0 saturated heterocycles. The van der Waals surface area contributed by atoms with Crippen LogP contribution in [0.3, 0.4) is 0 Å². The Bertz CT molecular complexity index is 534. The lowest BCUT2D eigenvalue weighted by molar-refractivity contribution is 0.103. The number of thiophene rings is 1. The van der Waals surface area contributed by atoms with Crippen molar-refractivity contribution in [1.82, 2.24) is 0 Å². The Hall–Kier alpha value is -1.10. The van der Waals surface area contributed by atoms with Crippen molar-refractivity contribution in [2.45, 2.75) is 0 Å². The van der Waals surface area contributed by atoms with Crippen molar-refractivity contribution in [2.75, 3.05) is 5.32 Å². The molecule has 2 nitrogen and oxygen atoms in total. The molecule has 1 aromatic heterocycles. The van der Waals surface area contributed by atoms with Crippen LogP contribution in [0.4, 0.5) is 10.1 Å². The van der Waals surface area contributed by atoms with Crippen LogP contribution in [-0.2, 0) is 0 Å². The SMILES string of the molecule is O=C(Nc1c(Cl)cc(F)cc1Cl)c1cccs1. The highest BCUT2D eigenvalue weighted by Gasteiger charge is 2.13. The van der Waals surface area contributed by atoms with Crippen LogP contribution in [0.15, 0.2) is 29.6 Å². The molecule has 0 saturated carbocycles. The molecule has 2 aromatic rings. The van der Waals surface area contributed by atoms with E-state index in [1.54, 1.807) is 17.5 Å².